The van der Waals surface area contributed by atoms with Crippen LogP contribution in [0.25, 0.3) is 0 Å². The van der Waals surface area contributed by atoms with Crippen LogP contribution in [0.3, 0.4) is 0 Å². The van der Waals surface area contributed by atoms with E-state index >= 15 is 0 Å². The first kappa shape index (κ1) is 15.5. The molecule has 0 radical (unpaired) electrons. The van der Waals surface area contributed by atoms with E-state index in [-0.39, 0.29) is 5.91 Å². The van der Waals surface area contributed by atoms with E-state index in [0.717, 1.165) is 38.0 Å². The number of carbonyl (C=O) groups is 1. The molecule has 0 bridgehead atoms. The van der Waals surface area contributed by atoms with Gasteiger partial charge in [0.05, 0.1) is 5.60 Å². The Morgan fingerprint density at radius 2 is 2.25 bits per heavy atom. The van der Waals surface area contributed by atoms with E-state index < -0.39 is 5.60 Å². The van der Waals surface area contributed by atoms with Gasteiger partial charge in [0.25, 0.3) is 0 Å². The second kappa shape index (κ2) is 7.23. The van der Waals surface area contributed by atoms with Gasteiger partial charge in [0, 0.05) is 17.8 Å². The minimum Gasteiger partial charge on any atom is -0.388 e. The molecule has 0 aromatic carbocycles. The van der Waals surface area contributed by atoms with Crippen LogP contribution < -0.4 is 5.32 Å². The molecule has 0 saturated heterocycles. The highest BCUT2D eigenvalue weighted by Gasteiger charge is 2.32. The van der Waals surface area contributed by atoms with Gasteiger partial charge in [-0.15, -0.1) is 11.3 Å². The molecule has 2 rings (SSSR count). The highest BCUT2D eigenvalue weighted by atomic mass is 32.1. The third-order valence-corrected chi connectivity index (χ3v) is 5.34. The molecule has 0 spiro atoms. The van der Waals surface area contributed by atoms with Crippen molar-refractivity contribution in [3.63, 3.8) is 0 Å². The van der Waals surface area contributed by atoms with Crippen LogP contribution >= 0.6 is 11.3 Å². The first-order valence-corrected chi connectivity index (χ1v) is 8.51. The summed E-state index contributed by atoms with van der Waals surface area (Å²) in [5.74, 6) is 0.800. The zero-order valence-electron chi connectivity index (χ0n) is 12.2. The van der Waals surface area contributed by atoms with Crippen molar-refractivity contribution in [3.8, 4) is 0 Å². The van der Waals surface area contributed by atoms with Gasteiger partial charge in [0.15, 0.2) is 0 Å². The molecule has 0 aliphatic heterocycles. The van der Waals surface area contributed by atoms with Crippen molar-refractivity contribution in [3.05, 3.63) is 22.4 Å². The Morgan fingerprint density at radius 3 is 2.85 bits per heavy atom. The zero-order valence-corrected chi connectivity index (χ0v) is 13.0. The number of nitrogens with one attached hydrogen (secondary N) is 1. The molecular weight excluding hydrogens is 270 g/mol. The summed E-state index contributed by atoms with van der Waals surface area (Å²) in [5, 5.41) is 15.4. The molecule has 1 heterocycles. The quantitative estimate of drug-likeness (QED) is 0.847. The summed E-state index contributed by atoms with van der Waals surface area (Å²) in [6, 6.07) is 4.06. The van der Waals surface area contributed by atoms with Gasteiger partial charge >= 0.3 is 0 Å². The third kappa shape index (κ3) is 4.60. The lowest BCUT2D eigenvalue weighted by Crippen LogP contribution is -2.45. The highest BCUT2D eigenvalue weighted by molar-refractivity contribution is 7.09. The number of thiophene rings is 1. The van der Waals surface area contributed by atoms with Gasteiger partial charge in [-0.05, 0) is 49.5 Å². The second-order valence-electron chi connectivity index (χ2n) is 5.93. The van der Waals surface area contributed by atoms with Crippen molar-refractivity contribution in [2.45, 2.75) is 57.5 Å². The van der Waals surface area contributed by atoms with E-state index in [2.05, 4.69) is 18.3 Å². The van der Waals surface area contributed by atoms with Gasteiger partial charge in [-0.3, -0.25) is 4.79 Å². The number of hydrogen-bond acceptors (Lipinski definition) is 3. The Morgan fingerprint density at radius 1 is 1.50 bits per heavy atom. The third-order valence-electron chi connectivity index (χ3n) is 4.41. The van der Waals surface area contributed by atoms with E-state index in [0.29, 0.717) is 13.0 Å². The average molecular weight is 295 g/mol. The van der Waals surface area contributed by atoms with Crippen molar-refractivity contribution in [1.29, 1.82) is 0 Å². The Labute approximate surface area is 125 Å². The summed E-state index contributed by atoms with van der Waals surface area (Å²) in [5.41, 5.74) is -0.676. The van der Waals surface area contributed by atoms with Gasteiger partial charge in [-0.2, -0.15) is 0 Å². The summed E-state index contributed by atoms with van der Waals surface area (Å²) < 4.78 is 0. The van der Waals surface area contributed by atoms with Gasteiger partial charge < -0.3 is 10.4 Å². The van der Waals surface area contributed by atoms with E-state index in [1.807, 2.05) is 11.4 Å². The molecule has 20 heavy (non-hydrogen) atoms. The average Bonchev–Trinajstić information content (AvgIpc) is 2.97. The molecule has 4 heteroatoms. The smallest absolute Gasteiger partial charge is 0.220 e. The van der Waals surface area contributed by atoms with E-state index in [4.69, 9.17) is 0 Å². The predicted octanol–water partition coefficient (Wildman–Crippen LogP) is 3.13. The molecule has 2 N–H and O–H groups in total. The fourth-order valence-corrected chi connectivity index (χ4v) is 3.55. The summed E-state index contributed by atoms with van der Waals surface area (Å²) in [4.78, 5) is 13.1. The van der Waals surface area contributed by atoms with Crippen LogP contribution in [0.1, 0.15) is 50.3 Å². The van der Waals surface area contributed by atoms with Crippen LogP contribution in [0.15, 0.2) is 17.5 Å². The topological polar surface area (TPSA) is 49.3 Å². The predicted molar refractivity (Wildman–Crippen MR) is 82.8 cm³/mol. The summed E-state index contributed by atoms with van der Waals surface area (Å²) >= 11 is 1.68. The molecule has 1 amide bonds. The summed E-state index contributed by atoms with van der Waals surface area (Å²) in [7, 11) is 0. The molecular formula is C16H25NO2S. The lowest BCUT2D eigenvalue weighted by Gasteiger charge is -2.35. The minimum absolute atomic E-state index is 0.0458. The van der Waals surface area contributed by atoms with Crippen LogP contribution in [-0.4, -0.2) is 23.2 Å². The van der Waals surface area contributed by atoms with Crippen molar-refractivity contribution >= 4 is 17.2 Å². The monoisotopic (exact) mass is 295 g/mol. The largest absolute Gasteiger partial charge is 0.388 e. The standard InChI is InChI=1S/C16H25NO2S/c1-2-13-7-9-16(19,10-8-13)12-17-15(18)6-5-14-4-3-11-20-14/h3-4,11,13,19H,2,5-10,12H2,1H3,(H,17,18). The summed E-state index contributed by atoms with van der Waals surface area (Å²) in [6.07, 6.45) is 6.29. The molecule has 1 aliphatic carbocycles. The first-order chi connectivity index (χ1) is 9.61. The van der Waals surface area contributed by atoms with Gasteiger partial charge in [0.1, 0.15) is 0 Å². The lowest BCUT2D eigenvalue weighted by molar-refractivity contribution is -0.122. The molecule has 0 unspecified atom stereocenters. The molecule has 112 valence electrons. The van der Waals surface area contributed by atoms with E-state index in [1.54, 1.807) is 11.3 Å². The fourth-order valence-electron chi connectivity index (χ4n) is 2.84. The molecule has 1 aromatic heterocycles. The van der Waals surface area contributed by atoms with Crippen molar-refractivity contribution in [2.75, 3.05) is 6.54 Å². The van der Waals surface area contributed by atoms with Crippen LogP contribution in [0, 0.1) is 5.92 Å². The Bertz CT molecular complexity index is 408. The van der Waals surface area contributed by atoms with Crippen molar-refractivity contribution in [2.24, 2.45) is 5.92 Å². The molecule has 1 aromatic rings. The van der Waals surface area contributed by atoms with Crippen molar-refractivity contribution in [1.82, 2.24) is 5.32 Å². The molecule has 1 fully saturated rings. The number of carbonyl (C=O) groups excluding carboxylic acids is 1. The van der Waals surface area contributed by atoms with E-state index in [9.17, 15) is 9.90 Å². The SMILES string of the molecule is CCC1CCC(O)(CNC(=O)CCc2cccs2)CC1. The molecule has 0 atom stereocenters. The maximum absolute atomic E-state index is 11.8. The minimum atomic E-state index is -0.676. The number of aliphatic hydroxyl groups is 1. The first-order valence-electron chi connectivity index (χ1n) is 7.63. The molecule has 1 aliphatic rings. The maximum atomic E-state index is 11.8. The highest BCUT2D eigenvalue weighted by Crippen LogP contribution is 2.33. The maximum Gasteiger partial charge on any atom is 0.220 e. The number of hydrogen-bond donors (Lipinski definition) is 2. The van der Waals surface area contributed by atoms with Gasteiger partial charge in [0.2, 0.25) is 5.91 Å². The number of amides is 1. The Kier molecular flexibility index (Phi) is 5.61. The van der Waals surface area contributed by atoms with Crippen LogP contribution in [-0.2, 0) is 11.2 Å². The number of rotatable bonds is 6. The van der Waals surface area contributed by atoms with Gasteiger partial charge in [-0.25, -0.2) is 0 Å². The fraction of sp³-hybridized carbons (Fsp3) is 0.688. The Balaban J connectivity index is 1.67. The number of aryl methyl sites for hydroxylation is 1. The van der Waals surface area contributed by atoms with Crippen molar-refractivity contribution < 1.29 is 9.90 Å². The van der Waals surface area contributed by atoms with Gasteiger partial charge in [-0.1, -0.05) is 19.4 Å². The summed E-state index contributed by atoms with van der Waals surface area (Å²) in [6.45, 7) is 2.62. The normalized spacial score (nSPS) is 26.4. The van der Waals surface area contributed by atoms with Crippen LogP contribution in [0.2, 0.25) is 0 Å². The van der Waals surface area contributed by atoms with Crippen LogP contribution in [0.5, 0.6) is 0 Å². The lowest BCUT2D eigenvalue weighted by atomic mass is 9.78. The zero-order chi connectivity index (χ0) is 14.4. The van der Waals surface area contributed by atoms with E-state index in [1.165, 1.54) is 11.3 Å². The molecule has 3 nitrogen and oxygen atoms in total. The van der Waals surface area contributed by atoms with Crippen LogP contribution in [0.4, 0.5) is 0 Å². The molecule has 1 saturated carbocycles. The second-order valence-corrected chi connectivity index (χ2v) is 6.96. The Hall–Kier alpha value is -0.870.